The first-order valence-corrected chi connectivity index (χ1v) is 16.8. The summed E-state index contributed by atoms with van der Waals surface area (Å²) in [5, 5.41) is 0. The van der Waals surface area contributed by atoms with Crippen molar-refractivity contribution in [3.05, 3.63) is 59.9 Å². The van der Waals surface area contributed by atoms with Crippen molar-refractivity contribution in [2.45, 2.75) is 54.8 Å². The van der Waals surface area contributed by atoms with Gasteiger partial charge in [-0.2, -0.15) is 17.5 Å². The molecular formula is C31H42F3N5O4S. The molecule has 1 aromatic heterocycles. The second-order valence-electron chi connectivity index (χ2n) is 12.1. The summed E-state index contributed by atoms with van der Waals surface area (Å²) in [6.45, 7) is 6.87. The number of ketones is 1. The maximum atomic E-state index is 13.6. The van der Waals surface area contributed by atoms with Crippen LogP contribution in [-0.4, -0.2) is 117 Å². The number of halogens is 3. The monoisotopic (exact) mass is 637 g/mol. The van der Waals surface area contributed by atoms with Gasteiger partial charge in [-0.3, -0.25) is 19.6 Å². The summed E-state index contributed by atoms with van der Waals surface area (Å²) in [4.78, 5) is 24.2. The highest BCUT2D eigenvalue weighted by molar-refractivity contribution is 7.89. The molecule has 5 rings (SSSR count). The standard InChI is InChI=1S/C31H42F3N5O4S/c1-36-16-18-37(19-17-36)20-21-43-30(26-7-5-12-35-23-26)10-14-38(15-11-30)24-29(40)28-9-2-3-13-39(28)44(41,42)27-8-4-6-25(22-27)31(32,33)34/h4-8,12,22-23,28H,2-3,9-11,13-21,24H2,1H3. The second kappa shape index (κ2) is 13.9. The third kappa shape index (κ3) is 7.68. The number of aromatic nitrogens is 1. The minimum atomic E-state index is -4.67. The Labute approximate surface area is 258 Å². The molecule has 1 unspecified atom stereocenters. The maximum absolute atomic E-state index is 13.6. The van der Waals surface area contributed by atoms with Crippen LogP contribution in [-0.2, 0) is 31.3 Å². The van der Waals surface area contributed by atoms with E-state index in [2.05, 4.69) is 21.8 Å². The van der Waals surface area contributed by atoms with Crippen molar-refractivity contribution in [2.75, 3.05) is 72.6 Å². The van der Waals surface area contributed by atoms with E-state index in [0.29, 0.717) is 57.9 Å². The SMILES string of the molecule is CN1CCN(CCOC2(c3cccnc3)CCN(CC(=O)C3CCCCN3S(=O)(=O)c3cccc(C(F)(F)F)c3)CC2)CC1. The molecule has 0 radical (unpaired) electrons. The summed E-state index contributed by atoms with van der Waals surface area (Å²) in [5.41, 5.74) is -0.547. The number of pyridine rings is 1. The van der Waals surface area contributed by atoms with Crippen molar-refractivity contribution in [1.29, 1.82) is 0 Å². The molecule has 3 aliphatic rings. The third-order valence-corrected chi connectivity index (χ3v) is 11.1. The lowest BCUT2D eigenvalue weighted by Crippen LogP contribution is -2.52. The van der Waals surface area contributed by atoms with Gasteiger partial charge < -0.3 is 9.64 Å². The van der Waals surface area contributed by atoms with Crippen molar-refractivity contribution >= 4 is 15.8 Å². The molecule has 0 spiro atoms. The van der Waals surface area contributed by atoms with Crippen LogP contribution in [0.1, 0.15) is 43.2 Å². The number of rotatable bonds is 10. The average Bonchev–Trinajstić information content (AvgIpc) is 3.03. The Morgan fingerprint density at radius 1 is 1.00 bits per heavy atom. The van der Waals surface area contributed by atoms with E-state index in [9.17, 15) is 26.4 Å². The lowest BCUT2D eigenvalue weighted by atomic mass is 9.84. The normalized spacial score (nSPS) is 23.0. The molecule has 1 atom stereocenters. The van der Waals surface area contributed by atoms with Crippen molar-refractivity contribution < 1.29 is 31.1 Å². The molecule has 0 saturated carbocycles. The molecule has 3 aliphatic heterocycles. The third-order valence-electron chi connectivity index (χ3n) is 9.21. The molecule has 242 valence electrons. The highest BCUT2D eigenvalue weighted by Crippen LogP contribution is 2.37. The zero-order valence-electron chi connectivity index (χ0n) is 25.2. The fourth-order valence-corrected chi connectivity index (χ4v) is 8.20. The van der Waals surface area contributed by atoms with Crippen molar-refractivity contribution in [1.82, 2.24) is 24.0 Å². The number of ether oxygens (including phenoxy) is 1. The van der Waals surface area contributed by atoms with Crippen molar-refractivity contribution in [2.24, 2.45) is 0 Å². The largest absolute Gasteiger partial charge is 0.416 e. The molecule has 4 heterocycles. The number of nitrogens with zero attached hydrogens (tertiary/aromatic N) is 5. The number of piperazine rings is 1. The highest BCUT2D eigenvalue weighted by Gasteiger charge is 2.42. The number of alkyl halides is 3. The van der Waals surface area contributed by atoms with Gasteiger partial charge in [0, 0.05) is 70.3 Å². The van der Waals surface area contributed by atoms with Gasteiger partial charge in [-0.05, 0) is 57.0 Å². The second-order valence-corrected chi connectivity index (χ2v) is 14.0. The molecule has 2 aromatic rings. The van der Waals surface area contributed by atoms with E-state index in [1.807, 2.05) is 23.2 Å². The number of hydrogen-bond donors (Lipinski definition) is 0. The molecule has 0 aliphatic carbocycles. The van der Waals surface area contributed by atoms with Crippen LogP contribution in [0.25, 0.3) is 0 Å². The fourth-order valence-electron chi connectivity index (χ4n) is 6.47. The number of Topliss-reactive ketones (excluding diaryl/α,β-unsaturated/α-hetero) is 1. The summed E-state index contributed by atoms with van der Waals surface area (Å²) in [6, 6.07) is 6.77. The molecule has 1 aromatic carbocycles. The van der Waals surface area contributed by atoms with Gasteiger partial charge in [0.2, 0.25) is 10.0 Å². The van der Waals surface area contributed by atoms with E-state index in [0.717, 1.165) is 60.8 Å². The van der Waals surface area contributed by atoms with E-state index >= 15 is 0 Å². The Kier molecular flexibility index (Phi) is 10.4. The predicted octanol–water partition coefficient (Wildman–Crippen LogP) is 3.47. The van der Waals surface area contributed by atoms with E-state index < -0.39 is 38.3 Å². The predicted molar refractivity (Wildman–Crippen MR) is 159 cm³/mol. The summed E-state index contributed by atoms with van der Waals surface area (Å²) in [5.74, 6) is -0.231. The van der Waals surface area contributed by atoms with E-state index in [4.69, 9.17) is 4.74 Å². The van der Waals surface area contributed by atoms with Gasteiger partial charge in [0.1, 0.15) is 0 Å². The Bertz CT molecular complexity index is 1360. The molecule has 13 heteroatoms. The first-order chi connectivity index (χ1) is 21.0. The zero-order valence-corrected chi connectivity index (χ0v) is 26.0. The van der Waals surface area contributed by atoms with E-state index in [-0.39, 0.29) is 18.9 Å². The number of likely N-dealkylation sites (tertiary alicyclic amines) is 1. The van der Waals surface area contributed by atoms with Crippen LogP contribution in [0.3, 0.4) is 0 Å². The van der Waals surface area contributed by atoms with Gasteiger partial charge in [-0.25, -0.2) is 8.42 Å². The number of hydrogen-bond acceptors (Lipinski definition) is 8. The lowest BCUT2D eigenvalue weighted by molar-refractivity contribution is -0.137. The number of carbonyl (C=O) groups is 1. The van der Waals surface area contributed by atoms with E-state index in [1.54, 1.807) is 6.20 Å². The summed E-state index contributed by atoms with van der Waals surface area (Å²) in [6.07, 6.45) is 1.79. The Hall–Kier alpha value is -2.42. The van der Waals surface area contributed by atoms with Gasteiger partial charge in [0.05, 0.1) is 35.3 Å². The minimum Gasteiger partial charge on any atom is -0.369 e. The summed E-state index contributed by atoms with van der Waals surface area (Å²) < 4.78 is 74.7. The topological polar surface area (TPSA) is 86.3 Å². The van der Waals surface area contributed by atoms with Crippen molar-refractivity contribution in [3.8, 4) is 0 Å². The molecule has 0 bridgehead atoms. The quantitative estimate of drug-likeness (QED) is 0.392. The minimum absolute atomic E-state index is 0.0731. The summed E-state index contributed by atoms with van der Waals surface area (Å²) in [7, 11) is -2.17. The molecule has 0 amide bonds. The first kappa shape index (κ1) is 33.0. The van der Waals surface area contributed by atoms with Gasteiger partial charge in [-0.15, -0.1) is 0 Å². The van der Waals surface area contributed by atoms with Crippen LogP contribution in [0.4, 0.5) is 13.2 Å². The number of likely N-dealkylation sites (N-methyl/N-ethyl adjacent to an activating group) is 1. The van der Waals surface area contributed by atoms with Crippen LogP contribution >= 0.6 is 0 Å². The van der Waals surface area contributed by atoms with Crippen molar-refractivity contribution in [3.63, 3.8) is 0 Å². The van der Waals surface area contributed by atoms with Crippen LogP contribution in [0.5, 0.6) is 0 Å². The van der Waals surface area contributed by atoms with Gasteiger partial charge in [-0.1, -0.05) is 18.6 Å². The Morgan fingerprint density at radius 2 is 1.75 bits per heavy atom. The number of carbonyl (C=O) groups excluding carboxylic acids is 1. The molecular weight excluding hydrogens is 595 g/mol. The van der Waals surface area contributed by atoms with Crippen LogP contribution < -0.4 is 0 Å². The molecule has 0 N–H and O–H groups in total. The fraction of sp³-hybridized carbons (Fsp3) is 0.613. The number of benzene rings is 1. The smallest absolute Gasteiger partial charge is 0.369 e. The first-order valence-electron chi connectivity index (χ1n) is 15.4. The van der Waals surface area contributed by atoms with E-state index in [1.165, 1.54) is 0 Å². The van der Waals surface area contributed by atoms with Gasteiger partial charge in [0.25, 0.3) is 0 Å². The average molecular weight is 638 g/mol. The van der Waals surface area contributed by atoms with Crippen LogP contribution in [0.15, 0.2) is 53.7 Å². The molecule has 3 fully saturated rings. The molecule has 44 heavy (non-hydrogen) atoms. The Morgan fingerprint density at radius 3 is 2.43 bits per heavy atom. The maximum Gasteiger partial charge on any atom is 0.416 e. The van der Waals surface area contributed by atoms with Crippen LogP contribution in [0, 0.1) is 0 Å². The van der Waals surface area contributed by atoms with Gasteiger partial charge >= 0.3 is 6.18 Å². The van der Waals surface area contributed by atoms with Gasteiger partial charge in [0.15, 0.2) is 5.78 Å². The highest BCUT2D eigenvalue weighted by atomic mass is 32.2. The Balaban J connectivity index is 1.23. The molecule has 3 saturated heterocycles. The van der Waals surface area contributed by atoms with Crippen LogP contribution in [0.2, 0.25) is 0 Å². The summed E-state index contributed by atoms with van der Waals surface area (Å²) >= 11 is 0. The number of piperidine rings is 2. The molecule has 9 nitrogen and oxygen atoms in total. The number of sulfonamides is 1. The zero-order chi connectivity index (χ0) is 31.4. The lowest BCUT2D eigenvalue weighted by Gasteiger charge is -2.43.